The second-order valence-electron chi connectivity index (χ2n) is 8.08. The van der Waals surface area contributed by atoms with Gasteiger partial charge in [0.15, 0.2) is 0 Å². The summed E-state index contributed by atoms with van der Waals surface area (Å²) in [7, 11) is 0. The van der Waals surface area contributed by atoms with Gasteiger partial charge in [-0.15, -0.1) is 0 Å². The van der Waals surface area contributed by atoms with Crippen LogP contribution in [-0.2, 0) is 12.7 Å². The predicted octanol–water partition coefficient (Wildman–Crippen LogP) is 4.58. The molecule has 10 heteroatoms. The highest BCUT2D eigenvalue weighted by atomic mass is 35.5. The Kier molecular flexibility index (Phi) is 6.34. The quantitative estimate of drug-likeness (QED) is 0.552. The number of piperazine rings is 1. The van der Waals surface area contributed by atoms with Gasteiger partial charge < -0.3 is 9.80 Å². The fourth-order valence-corrected chi connectivity index (χ4v) is 4.12. The van der Waals surface area contributed by atoms with E-state index >= 15 is 0 Å². The Labute approximate surface area is 194 Å². The summed E-state index contributed by atoms with van der Waals surface area (Å²) in [6, 6.07) is 10.4. The minimum absolute atomic E-state index is 0.201. The number of anilines is 1. The van der Waals surface area contributed by atoms with Crippen LogP contribution in [0.2, 0.25) is 5.15 Å². The summed E-state index contributed by atoms with van der Waals surface area (Å²) < 4.78 is 39.9. The smallest absolute Gasteiger partial charge is 0.353 e. The largest absolute Gasteiger partial charge is 0.417 e. The molecule has 0 bridgehead atoms. The average molecular weight is 478 g/mol. The van der Waals surface area contributed by atoms with Crippen molar-refractivity contribution in [2.45, 2.75) is 26.6 Å². The number of nitrogens with zero attached hydrogens (tertiary/aromatic N) is 5. The number of benzene rings is 1. The van der Waals surface area contributed by atoms with Gasteiger partial charge in [-0.1, -0.05) is 41.4 Å². The van der Waals surface area contributed by atoms with E-state index in [9.17, 15) is 18.0 Å². The number of alkyl halides is 3. The van der Waals surface area contributed by atoms with E-state index in [0.717, 1.165) is 23.4 Å². The molecule has 0 saturated carbocycles. The Morgan fingerprint density at radius 2 is 1.70 bits per heavy atom. The highest BCUT2D eigenvalue weighted by molar-refractivity contribution is 6.33. The number of aryl methyl sites for hydroxylation is 2. The highest BCUT2D eigenvalue weighted by Gasteiger charge is 2.32. The summed E-state index contributed by atoms with van der Waals surface area (Å²) in [6.45, 7) is 5.95. The summed E-state index contributed by atoms with van der Waals surface area (Å²) in [4.78, 5) is 20.7. The van der Waals surface area contributed by atoms with Gasteiger partial charge in [0.25, 0.3) is 5.91 Å². The summed E-state index contributed by atoms with van der Waals surface area (Å²) in [5, 5.41) is 4.76. The molecule has 0 aliphatic carbocycles. The van der Waals surface area contributed by atoms with Crippen molar-refractivity contribution in [3.8, 4) is 0 Å². The fraction of sp³-hybridized carbons (Fsp3) is 0.348. The predicted molar refractivity (Wildman–Crippen MR) is 120 cm³/mol. The van der Waals surface area contributed by atoms with E-state index < -0.39 is 11.7 Å². The Morgan fingerprint density at radius 3 is 2.27 bits per heavy atom. The van der Waals surface area contributed by atoms with Crippen molar-refractivity contribution in [1.29, 1.82) is 0 Å². The molecule has 1 aliphatic heterocycles. The van der Waals surface area contributed by atoms with Crippen molar-refractivity contribution in [2.75, 3.05) is 31.1 Å². The second kappa shape index (κ2) is 9.05. The van der Waals surface area contributed by atoms with E-state index in [1.54, 1.807) is 16.5 Å². The van der Waals surface area contributed by atoms with Gasteiger partial charge in [-0.3, -0.25) is 4.79 Å². The minimum Gasteiger partial charge on any atom is -0.353 e. The van der Waals surface area contributed by atoms with Crippen LogP contribution in [0.4, 0.5) is 19.0 Å². The van der Waals surface area contributed by atoms with Crippen molar-refractivity contribution >= 4 is 23.3 Å². The highest BCUT2D eigenvalue weighted by Crippen LogP contribution is 2.30. The number of rotatable bonds is 4. The van der Waals surface area contributed by atoms with Crippen LogP contribution in [0.1, 0.15) is 32.7 Å². The third-order valence-electron chi connectivity index (χ3n) is 5.70. The SMILES string of the molecule is Cc1ccc(Cn2nc(C)c(C(=O)N3CCN(c4ccc(C(F)(F)F)cn4)CC3)c2Cl)cc1. The Balaban J connectivity index is 1.42. The molecule has 0 N–H and O–H groups in total. The first-order valence-corrected chi connectivity index (χ1v) is 10.9. The first-order chi connectivity index (χ1) is 15.6. The van der Waals surface area contributed by atoms with E-state index in [0.29, 0.717) is 55.0 Å². The molecule has 174 valence electrons. The monoisotopic (exact) mass is 477 g/mol. The van der Waals surface area contributed by atoms with Gasteiger partial charge >= 0.3 is 6.18 Å². The zero-order valence-corrected chi connectivity index (χ0v) is 19.0. The van der Waals surface area contributed by atoms with Crippen molar-refractivity contribution in [1.82, 2.24) is 19.7 Å². The van der Waals surface area contributed by atoms with Crippen LogP contribution in [-0.4, -0.2) is 51.8 Å². The maximum Gasteiger partial charge on any atom is 0.417 e. The van der Waals surface area contributed by atoms with Crippen molar-refractivity contribution in [3.63, 3.8) is 0 Å². The first-order valence-electron chi connectivity index (χ1n) is 10.5. The molecular weight excluding hydrogens is 455 g/mol. The molecule has 1 aliphatic rings. The number of hydrogen-bond donors (Lipinski definition) is 0. The molecule has 4 rings (SSSR count). The lowest BCUT2D eigenvalue weighted by molar-refractivity contribution is -0.137. The third kappa shape index (κ3) is 4.98. The number of pyridine rings is 1. The van der Waals surface area contributed by atoms with Crippen LogP contribution in [0.15, 0.2) is 42.6 Å². The molecule has 0 radical (unpaired) electrons. The molecule has 1 amide bonds. The molecular formula is C23H23ClF3N5O. The molecule has 1 aromatic carbocycles. The van der Waals surface area contributed by atoms with Crippen LogP contribution in [0.25, 0.3) is 0 Å². The molecule has 0 atom stereocenters. The molecule has 0 spiro atoms. The summed E-state index contributed by atoms with van der Waals surface area (Å²) in [5.74, 6) is 0.253. The number of carbonyl (C=O) groups excluding carboxylic acids is 1. The zero-order valence-electron chi connectivity index (χ0n) is 18.2. The zero-order chi connectivity index (χ0) is 23.8. The van der Waals surface area contributed by atoms with E-state index in [1.807, 2.05) is 36.1 Å². The number of hydrogen-bond acceptors (Lipinski definition) is 4. The van der Waals surface area contributed by atoms with Crippen LogP contribution in [0, 0.1) is 13.8 Å². The fourth-order valence-electron chi connectivity index (χ4n) is 3.81. The van der Waals surface area contributed by atoms with Gasteiger partial charge in [0.05, 0.1) is 23.4 Å². The van der Waals surface area contributed by atoms with Crippen molar-refractivity contribution < 1.29 is 18.0 Å². The molecule has 1 saturated heterocycles. The van der Waals surface area contributed by atoms with Gasteiger partial charge in [0.1, 0.15) is 11.0 Å². The standard InChI is InChI=1S/C23H23ClF3N5O/c1-15-3-5-17(6-4-15)14-32-21(24)20(16(2)29-32)22(33)31-11-9-30(10-12-31)19-8-7-18(13-28-19)23(25,26)27/h3-8,13H,9-12,14H2,1-2H3. The van der Waals surface area contributed by atoms with Crippen LogP contribution < -0.4 is 4.90 Å². The molecule has 6 nitrogen and oxygen atoms in total. The lowest BCUT2D eigenvalue weighted by atomic mass is 10.1. The summed E-state index contributed by atoms with van der Waals surface area (Å²) in [6.07, 6.45) is -3.59. The number of aromatic nitrogens is 3. The van der Waals surface area contributed by atoms with Crippen LogP contribution in [0.3, 0.4) is 0 Å². The molecule has 33 heavy (non-hydrogen) atoms. The summed E-state index contributed by atoms with van der Waals surface area (Å²) >= 11 is 6.54. The maximum absolute atomic E-state index is 13.2. The molecule has 3 aromatic rings. The molecule has 2 aromatic heterocycles. The average Bonchev–Trinajstić information content (AvgIpc) is 3.07. The summed E-state index contributed by atoms with van der Waals surface area (Å²) in [5.41, 5.74) is 2.34. The normalized spacial score (nSPS) is 14.6. The van der Waals surface area contributed by atoms with Gasteiger partial charge in [0, 0.05) is 32.4 Å². The Hall–Kier alpha value is -3.07. The molecule has 0 unspecified atom stereocenters. The Bertz CT molecular complexity index is 1130. The van der Waals surface area contributed by atoms with E-state index in [-0.39, 0.29) is 5.91 Å². The number of amides is 1. The van der Waals surface area contributed by atoms with Gasteiger partial charge in [-0.05, 0) is 31.5 Å². The topological polar surface area (TPSA) is 54.3 Å². The Morgan fingerprint density at radius 1 is 1.03 bits per heavy atom. The maximum atomic E-state index is 13.2. The van der Waals surface area contributed by atoms with E-state index in [2.05, 4.69) is 10.1 Å². The lowest BCUT2D eigenvalue weighted by Crippen LogP contribution is -2.49. The van der Waals surface area contributed by atoms with Crippen LogP contribution >= 0.6 is 11.6 Å². The van der Waals surface area contributed by atoms with Gasteiger partial charge in [-0.2, -0.15) is 18.3 Å². The first kappa shape index (κ1) is 23.1. The van der Waals surface area contributed by atoms with E-state index in [1.165, 1.54) is 6.07 Å². The van der Waals surface area contributed by atoms with Gasteiger partial charge in [0.2, 0.25) is 0 Å². The minimum atomic E-state index is -4.42. The number of halogens is 4. The number of carbonyl (C=O) groups is 1. The van der Waals surface area contributed by atoms with Crippen molar-refractivity contribution in [3.05, 3.63) is 75.7 Å². The van der Waals surface area contributed by atoms with E-state index in [4.69, 9.17) is 11.6 Å². The van der Waals surface area contributed by atoms with Gasteiger partial charge in [-0.25, -0.2) is 9.67 Å². The van der Waals surface area contributed by atoms with Crippen LogP contribution in [0.5, 0.6) is 0 Å². The van der Waals surface area contributed by atoms with Crippen molar-refractivity contribution in [2.24, 2.45) is 0 Å². The third-order valence-corrected chi connectivity index (χ3v) is 6.08. The lowest BCUT2D eigenvalue weighted by Gasteiger charge is -2.35. The molecule has 1 fully saturated rings. The second-order valence-corrected chi connectivity index (χ2v) is 8.43. The molecule has 3 heterocycles.